The minimum Gasteiger partial charge on any atom is -0.497 e. The molecule has 0 aliphatic rings. The molecule has 0 radical (unpaired) electrons. The van der Waals surface area contributed by atoms with E-state index >= 15 is 0 Å². The van der Waals surface area contributed by atoms with Crippen molar-refractivity contribution in [3.8, 4) is 17.2 Å². The lowest BCUT2D eigenvalue weighted by atomic mass is 10.1. The van der Waals surface area contributed by atoms with Gasteiger partial charge in [-0.2, -0.15) is 0 Å². The van der Waals surface area contributed by atoms with Gasteiger partial charge in [0.05, 0.1) is 34.4 Å². The van der Waals surface area contributed by atoms with E-state index in [9.17, 15) is 4.79 Å². The van der Waals surface area contributed by atoms with Crippen LogP contribution < -0.4 is 14.2 Å². The van der Waals surface area contributed by atoms with Gasteiger partial charge in [0.25, 0.3) is 0 Å². The Morgan fingerprint density at radius 2 is 1.09 bits per heavy atom. The van der Waals surface area contributed by atoms with Crippen LogP contribution in [0, 0.1) is 0 Å². The lowest BCUT2D eigenvalue weighted by molar-refractivity contribution is -0.143. The summed E-state index contributed by atoms with van der Waals surface area (Å²) < 4.78 is 20.7. The van der Waals surface area contributed by atoms with Gasteiger partial charge < -0.3 is 18.9 Å². The fourth-order valence-electron chi connectivity index (χ4n) is 3.23. The highest BCUT2D eigenvalue weighted by Crippen LogP contribution is 2.55. The van der Waals surface area contributed by atoms with Crippen LogP contribution in [0.2, 0.25) is 0 Å². The molecule has 174 valence electrons. The van der Waals surface area contributed by atoms with Gasteiger partial charge in [-0.15, -0.1) is 23.5 Å². The molecule has 0 fully saturated rings. The van der Waals surface area contributed by atoms with Gasteiger partial charge in [0.15, 0.2) is 0 Å². The van der Waals surface area contributed by atoms with Crippen LogP contribution >= 0.6 is 23.5 Å². The largest absolute Gasteiger partial charge is 0.497 e. The maximum absolute atomic E-state index is 12.8. The van der Waals surface area contributed by atoms with Crippen molar-refractivity contribution in [3.63, 3.8) is 0 Å². The predicted octanol–water partition coefficient (Wildman–Crippen LogP) is 6.40. The third kappa shape index (κ3) is 6.62. The number of carbonyl (C=O) groups excluding carboxylic acids is 1. The van der Waals surface area contributed by atoms with E-state index in [1.165, 1.54) is 0 Å². The van der Waals surface area contributed by atoms with E-state index < -0.39 is 4.08 Å². The average Bonchev–Trinajstić information content (AvgIpc) is 2.85. The second-order valence-electron chi connectivity index (χ2n) is 7.02. The molecule has 7 heteroatoms. The number of carbonyl (C=O) groups is 1. The number of esters is 1. The van der Waals surface area contributed by atoms with E-state index in [0.29, 0.717) is 6.61 Å². The quantitative estimate of drug-likeness (QED) is 0.177. The highest BCUT2D eigenvalue weighted by Gasteiger charge is 2.38. The number of methoxy groups -OCH3 is 3. The highest BCUT2D eigenvalue weighted by molar-refractivity contribution is 8.17. The topological polar surface area (TPSA) is 54.0 Å². The summed E-state index contributed by atoms with van der Waals surface area (Å²) in [6.07, 6.45) is 0.181. The van der Waals surface area contributed by atoms with Gasteiger partial charge >= 0.3 is 5.97 Å². The Labute approximate surface area is 203 Å². The molecule has 3 rings (SSSR count). The fourth-order valence-corrected chi connectivity index (χ4v) is 6.17. The van der Waals surface area contributed by atoms with Crippen LogP contribution in [-0.2, 0) is 13.6 Å². The fraction of sp³-hybridized carbons (Fsp3) is 0.269. The molecule has 0 saturated heterocycles. The number of thioether (sulfide) groups is 2. The molecule has 0 N–H and O–H groups in total. The summed E-state index contributed by atoms with van der Waals surface area (Å²) in [5.41, 5.74) is 0.984. The molecular formula is C26H28O5S2. The van der Waals surface area contributed by atoms with Crippen LogP contribution in [0.1, 0.15) is 18.9 Å². The molecule has 0 aromatic heterocycles. The lowest BCUT2D eigenvalue weighted by Gasteiger charge is -2.33. The Kier molecular flexibility index (Phi) is 8.97. The van der Waals surface area contributed by atoms with Gasteiger partial charge in [-0.25, -0.2) is 0 Å². The molecule has 0 aliphatic heterocycles. The Morgan fingerprint density at radius 3 is 1.45 bits per heavy atom. The Balaban J connectivity index is 2.08. The van der Waals surface area contributed by atoms with Gasteiger partial charge in [0.1, 0.15) is 21.3 Å². The SMILES string of the molecule is CCOC(=O)CC(Sc1ccc(OC)cc1)(Sc1ccc(OC)cc1)c1ccc(OC)cc1. The van der Waals surface area contributed by atoms with Gasteiger partial charge in [-0.05, 0) is 73.2 Å². The van der Waals surface area contributed by atoms with Crippen LogP contribution in [0.4, 0.5) is 0 Å². The molecule has 0 amide bonds. The zero-order valence-electron chi connectivity index (χ0n) is 19.2. The molecule has 0 atom stereocenters. The smallest absolute Gasteiger partial charge is 0.308 e. The Morgan fingerprint density at radius 1 is 0.697 bits per heavy atom. The molecule has 3 aromatic rings. The van der Waals surface area contributed by atoms with E-state index in [-0.39, 0.29) is 12.4 Å². The molecule has 5 nitrogen and oxygen atoms in total. The van der Waals surface area contributed by atoms with Crippen molar-refractivity contribution in [2.75, 3.05) is 27.9 Å². The summed E-state index contributed by atoms with van der Waals surface area (Å²) in [4.78, 5) is 14.8. The van der Waals surface area contributed by atoms with Gasteiger partial charge in [0, 0.05) is 9.79 Å². The Hall–Kier alpha value is -2.77. The van der Waals surface area contributed by atoms with Gasteiger partial charge in [-0.1, -0.05) is 12.1 Å². The second kappa shape index (κ2) is 11.9. The Bertz CT molecular complexity index is 969. The minimum atomic E-state index is -0.679. The lowest BCUT2D eigenvalue weighted by Crippen LogP contribution is -2.23. The number of rotatable bonds is 11. The summed E-state index contributed by atoms with van der Waals surface area (Å²) in [6, 6.07) is 23.5. The van der Waals surface area contributed by atoms with E-state index in [2.05, 4.69) is 0 Å². The van der Waals surface area contributed by atoms with Crippen LogP contribution in [0.15, 0.2) is 82.6 Å². The summed E-state index contributed by atoms with van der Waals surface area (Å²) in [7, 11) is 4.92. The summed E-state index contributed by atoms with van der Waals surface area (Å²) >= 11 is 3.23. The van der Waals surface area contributed by atoms with Gasteiger partial charge in [0.2, 0.25) is 0 Å². The first-order valence-corrected chi connectivity index (χ1v) is 12.1. The van der Waals surface area contributed by atoms with Crippen LogP contribution in [0.3, 0.4) is 0 Å². The second-order valence-corrected chi connectivity index (χ2v) is 10.0. The number of benzene rings is 3. The molecule has 3 aromatic carbocycles. The average molecular weight is 485 g/mol. The van der Waals surface area contributed by atoms with E-state index in [1.54, 1.807) is 44.9 Å². The van der Waals surface area contributed by atoms with Crippen molar-refractivity contribution < 1.29 is 23.7 Å². The normalized spacial score (nSPS) is 11.0. The van der Waals surface area contributed by atoms with Crippen molar-refractivity contribution in [2.45, 2.75) is 27.2 Å². The molecule has 0 spiro atoms. The minimum absolute atomic E-state index is 0.181. The maximum atomic E-state index is 12.8. The first-order valence-electron chi connectivity index (χ1n) is 10.5. The molecule has 0 unspecified atom stereocenters. The van der Waals surface area contributed by atoms with Crippen LogP contribution in [-0.4, -0.2) is 33.9 Å². The molecule has 33 heavy (non-hydrogen) atoms. The highest BCUT2D eigenvalue weighted by atomic mass is 32.2. The van der Waals surface area contributed by atoms with Crippen molar-refractivity contribution in [3.05, 3.63) is 78.4 Å². The van der Waals surface area contributed by atoms with E-state index in [1.807, 2.05) is 79.7 Å². The van der Waals surface area contributed by atoms with E-state index in [0.717, 1.165) is 32.6 Å². The molecule has 0 aliphatic carbocycles. The summed E-state index contributed by atoms with van der Waals surface area (Å²) in [6.45, 7) is 2.15. The van der Waals surface area contributed by atoms with Crippen LogP contribution in [0.25, 0.3) is 0 Å². The number of hydrogen-bond donors (Lipinski definition) is 0. The van der Waals surface area contributed by atoms with Crippen molar-refractivity contribution in [2.24, 2.45) is 0 Å². The number of ether oxygens (including phenoxy) is 4. The zero-order chi connectivity index (χ0) is 23.7. The number of hydrogen-bond acceptors (Lipinski definition) is 7. The maximum Gasteiger partial charge on any atom is 0.308 e. The zero-order valence-corrected chi connectivity index (χ0v) is 20.8. The standard InChI is InChI=1S/C26H28O5S2/c1-5-31-25(27)18-26(19-6-8-20(28-2)9-7-19,32-23-14-10-21(29-3)11-15-23)33-24-16-12-22(30-4)13-17-24/h6-17H,5,18H2,1-4H3. The molecular weight excluding hydrogens is 456 g/mol. The molecule has 0 saturated carbocycles. The third-order valence-corrected chi connectivity index (χ3v) is 7.83. The predicted molar refractivity (Wildman–Crippen MR) is 134 cm³/mol. The molecule has 0 heterocycles. The molecule has 0 bridgehead atoms. The first kappa shape index (κ1) is 24.9. The summed E-state index contributed by atoms with van der Waals surface area (Å²) in [5, 5.41) is 0. The van der Waals surface area contributed by atoms with Crippen molar-refractivity contribution in [1.29, 1.82) is 0 Å². The van der Waals surface area contributed by atoms with Crippen LogP contribution in [0.5, 0.6) is 17.2 Å². The van der Waals surface area contributed by atoms with Crippen molar-refractivity contribution in [1.82, 2.24) is 0 Å². The van der Waals surface area contributed by atoms with Gasteiger partial charge in [-0.3, -0.25) is 4.79 Å². The van der Waals surface area contributed by atoms with E-state index in [4.69, 9.17) is 18.9 Å². The summed E-state index contributed by atoms with van der Waals surface area (Å²) in [5.74, 6) is 2.06. The third-order valence-electron chi connectivity index (χ3n) is 4.90. The van der Waals surface area contributed by atoms with Crippen molar-refractivity contribution >= 4 is 29.5 Å². The monoisotopic (exact) mass is 484 g/mol. The first-order chi connectivity index (χ1) is 16.0.